The highest BCUT2D eigenvalue weighted by atomic mass is 35.5. The summed E-state index contributed by atoms with van der Waals surface area (Å²) < 4.78 is 22.0. The summed E-state index contributed by atoms with van der Waals surface area (Å²) in [6.45, 7) is 3.27. The van der Waals surface area contributed by atoms with Crippen LogP contribution >= 0.6 is 11.6 Å². The molecule has 4 rings (SSSR count). The van der Waals surface area contributed by atoms with E-state index in [-0.39, 0.29) is 39.2 Å². The molecule has 3 aromatic rings. The fourth-order valence-corrected chi connectivity index (χ4v) is 4.65. The Labute approximate surface area is 214 Å². The Bertz CT molecular complexity index is 1360. The van der Waals surface area contributed by atoms with Gasteiger partial charge in [-0.15, -0.1) is 0 Å². The molecule has 1 unspecified atom stereocenters. The van der Waals surface area contributed by atoms with Gasteiger partial charge in [-0.2, -0.15) is 0 Å². The van der Waals surface area contributed by atoms with Crippen molar-refractivity contribution in [2.24, 2.45) is 5.92 Å². The first-order valence-electron chi connectivity index (χ1n) is 11.9. The van der Waals surface area contributed by atoms with Gasteiger partial charge in [-0.3, -0.25) is 19.0 Å². The van der Waals surface area contributed by atoms with Gasteiger partial charge in [0.05, 0.1) is 18.3 Å². The lowest BCUT2D eigenvalue weighted by atomic mass is 9.80. The number of nitrogens with one attached hydrogen (secondary N) is 1. The molecule has 1 aliphatic carbocycles. The molecule has 36 heavy (non-hydrogen) atoms. The van der Waals surface area contributed by atoms with E-state index in [1.165, 1.54) is 43.0 Å². The van der Waals surface area contributed by atoms with E-state index in [0.717, 1.165) is 24.8 Å². The molecular formula is C28H28ClFN2O4. The molecule has 1 N–H and O–H groups in total. The number of amides is 1. The van der Waals surface area contributed by atoms with E-state index in [1.54, 1.807) is 0 Å². The van der Waals surface area contributed by atoms with E-state index in [9.17, 15) is 14.4 Å². The minimum absolute atomic E-state index is 0.0792. The summed E-state index contributed by atoms with van der Waals surface area (Å²) in [7, 11) is 1.39. The Hall–Kier alpha value is -3.45. The molecule has 1 saturated carbocycles. The molecule has 1 aromatic heterocycles. The maximum absolute atomic E-state index is 15.1. The van der Waals surface area contributed by atoms with Gasteiger partial charge in [-0.05, 0) is 50.5 Å². The van der Waals surface area contributed by atoms with Crippen LogP contribution in [-0.2, 0) is 4.79 Å². The third-order valence-corrected chi connectivity index (χ3v) is 7.04. The fourth-order valence-electron chi connectivity index (χ4n) is 4.49. The summed E-state index contributed by atoms with van der Waals surface area (Å²) in [4.78, 5) is 39.0. The van der Waals surface area contributed by atoms with Gasteiger partial charge in [0.2, 0.25) is 5.91 Å². The Morgan fingerprint density at radius 2 is 1.89 bits per heavy atom. The number of anilines is 1. The van der Waals surface area contributed by atoms with Crippen molar-refractivity contribution in [1.82, 2.24) is 4.57 Å². The van der Waals surface area contributed by atoms with Gasteiger partial charge >= 0.3 is 0 Å². The maximum Gasteiger partial charge on any atom is 0.252 e. The zero-order valence-electron chi connectivity index (χ0n) is 20.4. The predicted molar refractivity (Wildman–Crippen MR) is 138 cm³/mol. The van der Waals surface area contributed by atoms with Gasteiger partial charge in [0.1, 0.15) is 17.6 Å². The number of hydrogen-bond donors (Lipinski definition) is 1. The van der Waals surface area contributed by atoms with Crippen molar-refractivity contribution in [3.05, 3.63) is 81.0 Å². The molecule has 6 nitrogen and oxygen atoms in total. The van der Waals surface area contributed by atoms with E-state index < -0.39 is 17.4 Å². The number of aryl methyl sites for hydroxylation is 1. The molecule has 0 bridgehead atoms. The standard InChI is InChI=1S/C28H28ClFN2O4/c1-16-7-9-19(10-8-16)31-28(35)23(13-18-5-4-6-18)32-15-24(36-3)21(14-25(32)34)26-20(17(2)33)11-12-22(29)27(26)30/h7-12,14-15,18,23H,4-6,13H2,1-3H3,(H,31,35). The molecule has 8 heteroatoms. The normalized spacial score (nSPS) is 14.1. The van der Waals surface area contributed by atoms with Gasteiger partial charge in [0, 0.05) is 28.4 Å². The van der Waals surface area contributed by atoms with Crippen LogP contribution in [0.15, 0.2) is 53.5 Å². The average Bonchev–Trinajstić information content (AvgIpc) is 2.81. The van der Waals surface area contributed by atoms with Crippen LogP contribution in [0.3, 0.4) is 0 Å². The highest BCUT2D eigenvalue weighted by Gasteiger charge is 2.30. The first kappa shape index (κ1) is 25.6. The SMILES string of the molecule is COc1cn(C(CC2CCC2)C(=O)Nc2ccc(C)cc2)c(=O)cc1-c1c(C(C)=O)ccc(Cl)c1F. The zero-order chi connectivity index (χ0) is 26.0. The maximum atomic E-state index is 15.1. The van der Waals surface area contributed by atoms with Crippen molar-refractivity contribution in [1.29, 1.82) is 0 Å². The molecule has 1 atom stereocenters. The molecule has 188 valence electrons. The molecule has 1 amide bonds. The van der Waals surface area contributed by atoms with Crippen molar-refractivity contribution < 1.29 is 18.7 Å². The number of methoxy groups -OCH3 is 1. The van der Waals surface area contributed by atoms with Gasteiger partial charge in [-0.25, -0.2) is 4.39 Å². The number of Topliss-reactive ketones (excluding diaryl/α,β-unsaturated/α-hetero) is 1. The number of halogens is 2. The molecule has 1 aliphatic rings. The number of ketones is 1. The summed E-state index contributed by atoms with van der Waals surface area (Å²) >= 11 is 6.00. The van der Waals surface area contributed by atoms with Crippen LogP contribution < -0.4 is 15.6 Å². The molecule has 1 heterocycles. The fraction of sp³-hybridized carbons (Fsp3) is 0.321. The molecule has 0 saturated heterocycles. The minimum Gasteiger partial charge on any atom is -0.495 e. The minimum atomic E-state index is -0.817. The first-order valence-corrected chi connectivity index (χ1v) is 12.2. The van der Waals surface area contributed by atoms with E-state index in [1.807, 2.05) is 31.2 Å². The monoisotopic (exact) mass is 510 g/mol. The van der Waals surface area contributed by atoms with Crippen molar-refractivity contribution in [2.75, 3.05) is 12.4 Å². The van der Waals surface area contributed by atoms with Crippen molar-refractivity contribution in [3.8, 4) is 16.9 Å². The Morgan fingerprint density at radius 1 is 1.19 bits per heavy atom. The van der Waals surface area contributed by atoms with E-state index in [4.69, 9.17) is 16.3 Å². The highest BCUT2D eigenvalue weighted by molar-refractivity contribution is 6.31. The number of ether oxygens (including phenoxy) is 1. The van der Waals surface area contributed by atoms with Gasteiger partial charge in [0.15, 0.2) is 5.78 Å². The quantitative estimate of drug-likeness (QED) is 0.366. The summed E-state index contributed by atoms with van der Waals surface area (Å²) in [5.41, 5.74) is 1.27. The van der Waals surface area contributed by atoms with Crippen LogP contribution in [0.4, 0.5) is 10.1 Å². The Balaban J connectivity index is 1.79. The lowest BCUT2D eigenvalue weighted by Gasteiger charge is -2.30. The molecule has 1 fully saturated rings. The number of nitrogens with zero attached hydrogens (tertiary/aromatic N) is 1. The predicted octanol–water partition coefficient (Wildman–Crippen LogP) is 6.20. The van der Waals surface area contributed by atoms with E-state index in [0.29, 0.717) is 18.0 Å². The molecule has 2 aromatic carbocycles. The summed E-state index contributed by atoms with van der Waals surface area (Å²) in [5, 5.41) is 2.73. The number of pyridine rings is 1. The van der Waals surface area contributed by atoms with Gasteiger partial charge in [0.25, 0.3) is 5.56 Å². The summed E-state index contributed by atoms with van der Waals surface area (Å²) in [6.07, 6.45) is 4.99. The smallest absolute Gasteiger partial charge is 0.252 e. The Kier molecular flexibility index (Phi) is 7.59. The largest absolute Gasteiger partial charge is 0.495 e. The highest BCUT2D eigenvalue weighted by Crippen LogP contribution is 2.38. The lowest BCUT2D eigenvalue weighted by Crippen LogP contribution is -2.35. The van der Waals surface area contributed by atoms with Crippen LogP contribution in [0.25, 0.3) is 11.1 Å². The van der Waals surface area contributed by atoms with Crippen molar-refractivity contribution in [2.45, 2.75) is 45.6 Å². The van der Waals surface area contributed by atoms with Crippen LogP contribution in [0.5, 0.6) is 5.75 Å². The summed E-state index contributed by atoms with van der Waals surface area (Å²) in [6, 6.07) is 10.5. The third-order valence-electron chi connectivity index (χ3n) is 6.75. The van der Waals surface area contributed by atoms with Gasteiger partial charge < -0.3 is 10.1 Å². The number of hydrogen-bond acceptors (Lipinski definition) is 4. The number of rotatable bonds is 8. The van der Waals surface area contributed by atoms with Crippen molar-refractivity contribution in [3.63, 3.8) is 0 Å². The second-order valence-electron chi connectivity index (χ2n) is 9.24. The summed E-state index contributed by atoms with van der Waals surface area (Å²) in [5.74, 6) is -1.04. The molecular weight excluding hydrogens is 483 g/mol. The number of aromatic nitrogens is 1. The van der Waals surface area contributed by atoms with Crippen LogP contribution in [-0.4, -0.2) is 23.4 Å². The second kappa shape index (κ2) is 10.7. The van der Waals surface area contributed by atoms with Crippen molar-refractivity contribution >= 4 is 29.0 Å². The topological polar surface area (TPSA) is 77.4 Å². The Morgan fingerprint density at radius 3 is 2.47 bits per heavy atom. The van der Waals surface area contributed by atoms with Crippen LogP contribution in [0.1, 0.15) is 54.6 Å². The van der Waals surface area contributed by atoms with Crippen LogP contribution in [0, 0.1) is 18.7 Å². The van der Waals surface area contributed by atoms with Crippen LogP contribution in [0.2, 0.25) is 5.02 Å². The van der Waals surface area contributed by atoms with E-state index in [2.05, 4.69) is 5.32 Å². The lowest BCUT2D eigenvalue weighted by molar-refractivity contribution is -0.120. The third kappa shape index (κ3) is 5.21. The van der Waals surface area contributed by atoms with Gasteiger partial charge in [-0.1, -0.05) is 48.6 Å². The molecule has 0 radical (unpaired) electrons. The second-order valence-corrected chi connectivity index (χ2v) is 9.65. The number of carbonyl (C=O) groups is 2. The number of carbonyl (C=O) groups excluding carboxylic acids is 2. The first-order chi connectivity index (χ1) is 17.2. The average molecular weight is 511 g/mol. The molecule has 0 spiro atoms. The number of benzene rings is 2. The van der Waals surface area contributed by atoms with E-state index >= 15 is 4.39 Å². The molecule has 0 aliphatic heterocycles. The zero-order valence-corrected chi connectivity index (χ0v) is 21.2.